The molecule has 3 heterocycles. The largest absolute Gasteiger partial charge is 0.493 e. The molecule has 9 heteroatoms. The molecule has 0 saturated carbocycles. The first-order valence-corrected chi connectivity index (χ1v) is 9.51. The second-order valence-corrected chi connectivity index (χ2v) is 7.19. The van der Waals surface area contributed by atoms with Crippen LogP contribution in [0.3, 0.4) is 0 Å². The number of hydrogen-bond acceptors (Lipinski definition) is 7. The zero-order valence-electron chi connectivity index (χ0n) is 16.2. The number of carbonyl (C=O) groups excluding carboxylic acids is 2. The first-order valence-electron chi connectivity index (χ1n) is 9.51. The van der Waals surface area contributed by atoms with Crippen molar-refractivity contribution in [3.8, 4) is 5.75 Å². The van der Waals surface area contributed by atoms with E-state index in [1.807, 2.05) is 6.07 Å². The molecule has 0 aliphatic carbocycles. The van der Waals surface area contributed by atoms with Crippen LogP contribution in [-0.2, 0) is 17.8 Å². The van der Waals surface area contributed by atoms with Gasteiger partial charge in [0.1, 0.15) is 23.3 Å². The molecule has 1 unspecified atom stereocenters. The Labute approximate surface area is 167 Å². The number of nitrogens with zero attached hydrogens (tertiary/aromatic N) is 3. The Kier molecular flexibility index (Phi) is 5.50. The second kappa shape index (κ2) is 8.22. The van der Waals surface area contributed by atoms with Crippen molar-refractivity contribution in [2.24, 2.45) is 0 Å². The van der Waals surface area contributed by atoms with Gasteiger partial charge in [-0.15, -0.1) is 0 Å². The molecule has 29 heavy (non-hydrogen) atoms. The second-order valence-electron chi connectivity index (χ2n) is 7.19. The van der Waals surface area contributed by atoms with E-state index in [2.05, 4.69) is 5.16 Å². The molecule has 1 saturated heterocycles. The molecule has 154 valence electrons. The Morgan fingerprint density at radius 2 is 2.00 bits per heavy atom. The first-order chi connectivity index (χ1) is 14.1. The molecule has 1 aromatic carbocycles. The van der Waals surface area contributed by atoms with Crippen LogP contribution < -0.4 is 4.74 Å². The van der Waals surface area contributed by atoms with E-state index in [1.165, 1.54) is 18.3 Å². The van der Waals surface area contributed by atoms with Crippen molar-refractivity contribution in [2.45, 2.75) is 19.1 Å². The number of benzene rings is 1. The Morgan fingerprint density at radius 3 is 2.76 bits per heavy atom. The fraction of sp³-hybridized carbons (Fsp3) is 0.450. The van der Waals surface area contributed by atoms with Crippen LogP contribution in [-0.4, -0.2) is 77.9 Å². The van der Waals surface area contributed by atoms with Crippen molar-refractivity contribution in [2.75, 3.05) is 39.9 Å². The molecule has 9 nitrogen and oxygen atoms in total. The highest BCUT2D eigenvalue weighted by Crippen LogP contribution is 2.27. The van der Waals surface area contributed by atoms with Gasteiger partial charge in [0.05, 0.1) is 19.3 Å². The van der Waals surface area contributed by atoms with Gasteiger partial charge in [-0.05, 0) is 17.7 Å². The third-order valence-corrected chi connectivity index (χ3v) is 5.18. The Morgan fingerprint density at radius 1 is 1.24 bits per heavy atom. The quantitative estimate of drug-likeness (QED) is 0.805. The number of carbonyl (C=O) groups is 2. The minimum absolute atomic E-state index is 0.119. The zero-order chi connectivity index (χ0) is 20.4. The molecule has 2 aromatic rings. The number of β-amino-alcohol motifs (C(OH)–C–C–N with tert-alkyl or cyclic N) is 1. The topological polar surface area (TPSA) is 105 Å². The van der Waals surface area contributed by atoms with Gasteiger partial charge in [0.2, 0.25) is 0 Å². The van der Waals surface area contributed by atoms with Gasteiger partial charge in [0.15, 0.2) is 0 Å². The van der Waals surface area contributed by atoms with Crippen molar-refractivity contribution in [3.63, 3.8) is 0 Å². The monoisotopic (exact) mass is 401 g/mol. The highest BCUT2D eigenvalue weighted by atomic mass is 16.5. The molecule has 1 N–H and O–H groups in total. The lowest BCUT2D eigenvalue weighted by Gasteiger charge is -2.22. The number of aromatic nitrogens is 1. The number of methoxy groups -OCH3 is 1. The summed E-state index contributed by atoms with van der Waals surface area (Å²) in [5.41, 5.74) is 2.31. The average molecular weight is 401 g/mol. The number of amides is 2. The fourth-order valence-electron chi connectivity index (χ4n) is 3.69. The van der Waals surface area contributed by atoms with E-state index in [4.69, 9.17) is 14.0 Å². The van der Waals surface area contributed by atoms with Gasteiger partial charge in [0, 0.05) is 45.3 Å². The van der Waals surface area contributed by atoms with E-state index in [0.717, 1.165) is 17.7 Å². The van der Waals surface area contributed by atoms with E-state index >= 15 is 0 Å². The number of aliphatic hydroxyl groups is 1. The van der Waals surface area contributed by atoms with Gasteiger partial charge in [-0.1, -0.05) is 11.2 Å². The minimum Gasteiger partial charge on any atom is -0.493 e. The molecule has 1 atom stereocenters. The molecule has 4 rings (SSSR count). The highest BCUT2D eigenvalue weighted by molar-refractivity contribution is 5.96. The van der Waals surface area contributed by atoms with Gasteiger partial charge < -0.3 is 28.9 Å². The maximum Gasteiger partial charge on any atom is 0.259 e. The Balaban J connectivity index is 1.47. The normalized spacial score (nSPS) is 18.9. The van der Waals surface area contributed by atoms with Crippen LogP contribution in [0.25, 0.3) is 0 Å². The standard InChI is InChI=1S/C20H23N3O6/c1-27-12-17-16(11-29-21-17)20(26)23-6-5-22(9-15(24)10-23)19(25)14-3-2-13-4-7-28-18(13)8-14/h2-3,8,11,15,24H,4-7,9-10,12H2,1H3. The smallest absolute Gasteiger partial charge is 0.259 e. The highest BCUT2D eigenvalue weighted by Gasteiger charge is 2.30. The molecule has 2 amide bonds. The number of hydrogen-bond donors (Lipinski definition) is 1. The summed E-state index contributed by atoms with van der Waals surface area (Å²) < 4.78 is 15.5. The number of rotatable bonds is 4. The van der Waals surface area contributed by atoms with Gasteiger partial charge in [-0.2, -0.15) is 0 Å². The van der Waals surface area contributed by atoms with Crippen LogP contribution in [0.15, 0.2) is 29.0 Å². The zero-order valence-corrected chi connectivity index (χ0v) is 16.2. The first kappa shape index (κ1) is 19.4. The van der Waals surface area contributed by atoms with E-state index < -0.39 is 6.10 Å². The van der Waals surface area contributed by atoms with Crippen LogP contribution in [0.5, 0.6) is 5.75 Å². The van der Waals surface area contributed by atoms with Gasteiger partial charge >= 0.3 is 0 Å². The maximum atomic E-state index is 13.0. The molecular formula is C20H23N3O6. The van der Waals surface area contributed by atoms with Crippen molar-refractivity contribution in [1.82, 2.24) is 15.0 Å². The summed E-state index contributed by atoms with van der Waals surface area (Å²) in [6.07, 6.45) is 1.26. The van der Waals surface area contributed by atoms with Gasteiger partial charge in [0.25, 0.3) is 11.8 Å². The van der Waals surface area contributed by atoms with Crippen LogP contribution in [0.1, 0.15) is 32.0 Å². The summed E-state index contributed by atoms with van der Waals surface area (Å²) in [6.45, 7) is 1.65. The summed E-state index contributed by atoms with van der Waals surface area (Å²) in [6, 6.07) is 5.44. The lowest BCUT2D eigenvalue weighted by Crippen LogP contribution is -2.38. The maximum absolute atomic E-state index is 13.0. The third-order valence-electron chi connectivity index (χ3n) is 5.18. The van der Waals surface area contributed by atoms with Crippen molar-refractivity contribution >= 4 is 11.8 Å². The molecule has 0 spiro atoms. The molecule has 0 radical (unpaired) electrons. The van der Waals surface area contributed by atoms with Crippen molar-refractivity contribution in [3.05, 3.63) is 46.8 Å². The van der Waals surface area contributed by atoms with Crippen LogP contribution >= 0.6 is 0 Å². The van der Waals surface area contributed by atoms with Gasteiger partial charge in [-0.3, -0.25) is 9.59 Å². The van der Waals surface area contributed by atoms with E-state index in [-0.39, 0.29) is 31.5 Å². The lowest BCUT2D eigenvalue weighted by molar-refractivity contribution is 0.0629. The van der Waals surface area contributed by atoms with Crippen LogP contribution in [0.2, 0.25) is 0 Å². The summed E-state index contributed by atoms with van der Waals surface area (Å²) in [5.74, 6) is 0.237. The Hall–Kier alpha value is -2.91. The summed E-state index contributed by atoms with van der Waals surface area (Å²) >= 11 is 0. The van der Waals surface area contributed by atoms with E-state index in [9.17, 15) is 14.7 Å². The predicted octanol–water partition coefficient (Wildman–Crippen LogP) is 0.715. The van der Waals surface area contributed by atoms with Crippen LogP contribution in [0, 0.1) is 0 Å². The van der Waals surface area contributed by atoms with Crippen molar-refractivity contribution < 1.29 is 28.7 Å². The molecule has 2 aliphatic rings. The number of ether oxygens (including phenoxy) is 2. The molecular weight excluding hydrogens is 378 g/mol. The number of fused-ring (bicyclic) bond motifs is 1. The molecule has 2 aliphatic heterocycles. The van der Waals surface area contributed by atoms with E-state index in [1.54, 1.807) is 17.0 Å². The molecule has 1 aromatic heterocycles. The van der Waals surface area contributed by atoms with Crippen LogP contribution in [0.4, 0.5) is 0 Å². The van der Waals surface area contributed by atoms with Crippen molar-refractivity contribution in [1.29, 1.82) is 0 Å². The van der Waals surface area contributed by atoms with Gasteiger partial charge in [-0.25, -0.2) is 0 Å². The average Bonchev–Trinajstić information content (AvgIpc) is 3.33. The SMILES string of the molecule is COCc1nocc1C(=O)N1CCN(C(=O)c2ccc3c(c2)OCC3)CC(O)C1. The summed E-state index contributed by atoms with van der Waals surface area (Å²) in [5, 5.41) is 14.2. The minimum atomic E-state index is -0.859. The Bertz CT molecular complexity index is 911. The predicted molar refractivity (Wildman–Crippen MR) is 101 cm³/mol. The number of aliphatic hydroxyl groups excluding tert-OH is 1. The molecule has 1 fully saturated rings. The third kappa shape index (κ3) is 3.96. The lowest BCUT2D eigenvalue weighted by atomic mass is 10.1. The van der Waals surface area contributed by atoms with E-state index in [0.29, 0.717) is 36.5 Å². The fourth-order valence-corrected chi connectivity index (χ4v) is 3.69. The summed E-state index contributed by atoms with van der Waals surface area (Å²) in [4.78, 5) is 28.9. The summed E-state index contributed by atoms with van der Waals surface area (Å²) in [7, 11) is 1.51. The molecule has 0 bridgehead atoms.